The number of nitrogens with zero attached hydrogens (tertiary/aromatic N) is 1. The van der Waals surface area contributed by atoms with Crippen LogP contribution < -0.4 is 4.74 Å². The molecule has 2 heterocycles. The fraction of sp³-hybridized carbons (Fsp3) is 0.231. The van der Waals surface area contributed by atoms with Crippen molar-refractivity contribution in [2.75, 3.05) is 13.1 Å². The van der Waals surface area contributed by atoms with Gasteiger partial charge in [0.1, 0.15) is 16.9 Å². The molecule has 0 spiro atoms. The van der Waals surface area contributed by atoms with Crippen LogP contribution in [0.1, 0.15) is 28.8 Å². The normalized spacial score (nSPS) is 15.1. The van der Waals surface area contributed by atoms with Crippen molar-refractivity contribution in [2.24, 2.45) is 5.92 Å². The number of benzene rings is 3. The summed E-state index contributed by atoms with van der Waals surface area (Å²) in [4.78, 5) is 26.9. The zero-order chi connectivity index (χ0) is 23.9. The molecule has 174 valence electrons. The van der Waals surface area contributed by atoms with Crippen molar-refractivity contribution in [2.45, 2.75) is 19.0 Å². The number of likely N-dealkylation sites (tertiary alicyclic amines) is 1. The van der Waals surface area contributed by atoms with Crippen LogP contribution >= 0.6 is 0 Å². The van der Waals surface area contributed by atoms with Gasteiger partial charge in [-0.3, -0.25) is 9.59 Å². The van der Waals surface area contributed by atoms with Crippen LogP contribution in [0.5, 0.6) is 5.75 Å². The van der Waals surface area contributed by atoms with Crippen molar-refractivity contribution in [3.8, 4) is 5.75 Å². The first-order valence-electron chi connectivity index (χ1n) is 10.9. The summed E-state index contributed by atoms with van der Waals surface area (Å²) in [6.07, 6.45) is -3.61. The Morgan fingerprint density at radius 1 is 0.882 bits per heavy atom. The van der Waals surface area contributed by atoms with Crippen molar-refractivity contribution >= 4 is 33.8 Å². The molecule has 0 aliphatic carbocycles. The maximum absolute atomic E-state index is 12.7. The standard InChI is InChI=1S/C26H20F3NO4/c27-26(28,29)18-7-5-16(6-8-18)24(31)30-13-11-17(12-14-30)25(32)33-19-9-10-23-21(15-19)20-3-1-2-4-22(20)34-23/h1-10,15,17H,11-14H2. The van der Waals surface area contributed by atoms with Gasteiger partial charge in [-0.1, -0.05) is 18.2 Å². The lowest BCUT2D eigenvalue weighted by atomic mass is 9.96. The van der Waals surface area contributed by atoms with Crippen molar-refractivity contribution < 1.29 is 31.9 Å². The van der Waals surface area contributed by atoms with E-state index in [9.17, 15) is 22.8 Å². The summed E-state index contributed by atoms with van der Waals surface area (Å²) in [5.41, 5.74) is 0.851. The van der Waals surface area contributed by atoms with E-state index in [-0.39, 0.29) is 23.4 Å². The number of para-hydroxylation sites is 1. The van der Waals surface area contributed by atoms with E-state index in [1.165, 1.54) is 12.1 Å². The molecule has 34 heavy (non-hydrogen) atoms. The first-order chi connectivity index (χ1) is 16.3. The summed E-state index contributed by atoms with van der Waals surface area (Å²) in [5, 5.41) is 1.79. The number of amides is 1. The molecular weight excluding hydrogens is 447 g/mol. The second kappa shape index (κ2) is 8.52. The first-order valence-corrected chi connectivity index (χ1v) is 10.9. The van der Waals surface area contributed by atoms with Crippen LogP contribution in [0.3, 0.4) is 0 Å². The lowest BCUT2D eigenvalue weighted by molar-refractivity contribution is -0.140. The minimum atomic E-state index is -4.45. The van der Waals surface area contributed by atoms with E-state index in [4.69, 9.17) is 9.15 Å². The zero-order valence-electron chi connectivity index (χ0n) is 18.0. The highest BCUT2D eigenvalue weighted by atomic mass is 19.4. The lowest BCUT2D eigenvalue weighted by Crippen LogP contribution is -2.41. The quantitative estimate of drug-likeness (QED) is 0.271. The number of alkyl halides is 3. The van der Waals surface area contributed by atoms with Crippen LogP contribution in [0.2, 0.25) is 0 Å². The molecule has 4 aromatic rings. The monoisotopic (exact) mass is 467 g/mol. The molecule has 5 nitrogen and oxygen atoms in total. The van der Waals surface area contributed by atoms with Gasteiger partial charge in [-0.15, -0.1) is 0 Å². The number of furan rings is 1. The number of carbonyl (C=O) groups is 2. The lowest BCUT2D eigenvalue weighted by Gasteiger charge is -2.31. The Morgan fingerprint density at radius 2 is 1.56 bits per heavy atom. The number of piperidine rings is 1. The molecule has 1 aromatic heterocycles. The van der Waals surface area contributed by atoms with E-state index < -0.39 is 11.7 Å². The van der Waals surface area contributed by atoms with Gasteiger partial charge in [0.05, 0.1) is 11.5 Å². The Balaban J connectivity index is 1.21. The summed E-state index contributed by atoms with van der Waals surface area (Å²) < 4.78 is 49.6. The van der Waals surface area contributed by atoms with Gasteiger partial charge in [0, 0.05) is 29.4 Å². The Bertz CT molecular complexity index is 1370. The van der Waals surface area contributed by atoms with Crippen LogP contribution in [0.15, 0.2) is 71.1 Å². The third-order valence-corrected chi connectivity index (χ3v) is 6.14. The molecule has 0 N–H and O–H groups in total. The maximum Gasteiger partial charge on any atom is 0.416 e. The summed E-state index contributed by atoms with van der Waals surface area (Å²) in [5.74, 6) is -0.660. The van der Waals surface area contributed by atoms with E-state index in [1.54, 1.807) is 23.1 Å². The zero-order valence-corrected chi connectivity index (χ0v) is 18.0. The van der Waals surface area contributed by atoms with Gasteiger partial charge in [0.25, 0.3) is 5.91 Å². The summed E-state index contributed by atoms with van der Waals surface area (Å²) in [6.45, 7) is 0.649. The molecule has 5 rings (SSSR count). The van der Waals surface area contributed by atoms with Gasteiger partial charge in [-0.05, 0) is 61.4 Å². The van der Waals surface area contributed by atoms with E-state index in [0.717, 1.165) is 28.5 Å². The average Bonchev–Trinajstić information content (AvgIpc) is 3.21. The number of ether oxygens (including phenoxy) is 1. The minimum Gasteiger partial charge on any atom is -0.456 e. The first kappa shape index (κ1) is 22.0. The number of esters is 1. The van der Waals surface area contributed by atoms with Crippen LogP contribution in [-0.2, 0) is 11.0 Å². The molecule has 1 amide bonds. The Morgan fingerprint density at radius 3 is 2.26 bits per heavy atom. The fourth-order valence-electron chi connectivity index (χ4n) is 4.27. The fourth-order valence-corrected chi connectivity index (χ4v) is 4.27. The number of rotatable bonds is 3. The van der Waals surface area contributed by atoms with Gasteiger partial charge in [0.15, 0.2) is 0 Å². The molecule has 0 atom stereocenters. The highest BCUT2D eigenvalue weighted by Gasteiger charge is 2.32. The van der Waals surface area contributed by atoms with Crippen molar-refractivity contribution in [1.29, 1.82) is 0 Å². The van der Waals surface area contributed by atoms with Gasteiger partial charge in [-0.25, -0.2) is 0 Å². The molecule has 1 saturated heterocycles. The van der Waals surface area contributed by atoms with Crippen molar-refractivity contribution in [3.05, 3.63) is 77.9 Å². The van der Waals surface area contributed by atoms with Crippen LogP contribution in [0.4, 0.5) is 13.2 Å². The molecule has 0 radical (unpaired) electrons. The molecule has 1 aliphatic heterocycles. The third-order valence-electron chi connectivity index (χ3n) is 6.14. The Hall–Kier alpha value is -3.81. The minimum absolute atomic E-state index is 0.190. The smallest absolute Gasteiger partial charge is 0.416 e. The average molecular weight is 467 g/mol. The highest BCUT2D eigenvalue weighted by Crippen LogP contribution is 2.32. The topological polar surface area (TPSA) is 59.8 Å². The second-order valence-electron chi connectivity index (χ2n) is 8.32. The Labute approximate surface area is 192 Å². The number of carbonyl (C=O) groups excluding carboxylic acids is 2. The molecule has 1 aliphatic rings. The number of halogens is 3. The molecule has 0 unspecified atom stereocenters. The second-order valence-corrected chi connectivity index (χ2v) is 8.32. The van der Waals surface area contributed by atoms with Gasteiger partial charge < -0.3 is 14.1 Å². The predicted octanol–water partition coefficient (Wildman–Crippen LogP) is 6.06. The number of hydrogen-bond donors (Lipinski definition) is 0. The largest absolute Gasteiger partial charge is 0.456 e. The van der Waals surface area contributed by atoms with Crippen LogP contribution in [0.25, 0.3) is 21.9 Å². The van der Waals surface area contributed by atoms with E-state index in [0.29, 0.717) is 37.3 Å². The van der Waals surface area contributed by atoms with Crippen molar-refractivity contribution in [3.63, 3.8) is 0 Å². The summed E-state index contributed by atoms with van der Waals surface area (Å²) >= 11 is 0. The summed E-state index contributed by atoms with van der Waals surface area (Å²) in [7, 11) is 0. The third kappa shape index (κ3) is 4.23. The summed E-state index contributed by atoms with van der Waals surface area (Å²) in [6, 6.07) is 17.0. The van der Waals surface area contributed by atoms with Crippen LogP contribution in [-0.4, -0.2) is 29.9 Å². The molecule has 8 heteroatoms. The van der Waals surface area contributed by atoms with Crippen LogP contribution in [0, 0.1) is 5.92 Å². The van der Waals surface area contributed by atoms with Gasteiger partial charge >= 0.3 is 12.1 Å². The number of hydrogen-bond acceptors (Lipinski definition) is 4. The Kier molecular flexibility index (Phi) is 5.51. The van der Waals surface area contributed by atoms with E-state index >= 15 is 0 Å². The predicted molar refractivity (Wildman–Crippen MR) is 119 cm³/mol. The molecule has 0 bridgehead atoms. The molecule has 0 saturated carbocycles. The molecule has 3 aromatic carbocycles. The van der Waals surface area contributed by atoms with Crippen molar-refractivity contribution in [1.82, 2.24) is 4.90 Å². The highest BCUT2D eigenvalue weighted by molar-refractivity contribution is 6.05. The molecular formula is C26H20F3NO4. The van der Waals surface area contributed by atoms with E-state index in [1.807, 2.05) is 24.3 Å². The molecule has 1 fully saturated rings. The van der Waals surface area contributed by atoms with Gasteiger partial charge in [0.2, 0.25) is 0 Å². The SMILES string of the molecule is O=C(Oc1ccc2oc3ccccc3c2c1)C1CCN(C(=O)c2ccc(C(F)(F)F)cc2)CC1. The maximum atomic E-state index is 12.7. The van der Waals surface area contributed by atoms with E-state index in [2.05, 4.69) is 0 Å². The van der Waals surface area contributed by atoms with Gasteiger partial charge in [-0.2, -0.15) is 13.2 Å². The number of fused-ring (bicyclic) bond motifs is 3.